The van der Waals surface area contributed by atoms with Gasteiger partial charge in [0.2, 0.25) is 6.08 Å². The summed E-state index contributed by atoms with van der Waals surface area (Å²) in [4.78, 5) is 16.2. The van der Waals surface area contributed by atoms with Crippen molar-refractivity contribution in [2.45, 2.75) is 49.0 Å². The van der Waals surface area contributed by atoms with Crippen LogP contribution in [0.25, 0.3) is 0 Å². The van der Waals surface area contributed by atoms with Crippen LogP contribution in [0.2, 0.25) is 0 Å². The molecule has 2 aliphatic carbocycles. The summed E-state index contributed by atoms with van der Waals surface area (Å²) in [6.45, 7) is 0. The number of thioether (sulfide) groups is 1. The van der Waals surface area contributed by atoms with Crippen LogP contribution in [0, 0.1) is 5.92 Å². The van der Waals surface area contributed by atoms with Gasteiger partial charge in [0, 0.05) is 10.6 Å². The fraction of sp³-hybridized carbons (Fsp3) is 0.562. The number of isocyanates is 1. The molecule has 1 aromatic carbocycles. The molecule has 0 radical (unpaired) electrons. The Balaban J connectivity index is 1.74. The van der Waals surface area contributed by atoms with Gasteiger partial charge < -0.3 is 0 Å². The highest BCUT2D eigenvalue weighted by molar-refractivity contribution is 7.99. The van der Waals surface area contributed by atoms with E-state index < -0.39 is 0 Å². The molecule has 2 fully saturated rings. The number of aliphatic imine (C=N–C) groups is 1. The summed E-state index contributed by atoms with van der Waals surface area (Å²) in [5.74, 6) is 2.20. The third kappa shape index (κ3) is 2.93. The first-order valence-electron chi connectivity index (χ1n) is 7.15. The molecule has 0 unspecified atom stereocenters. The Morgan fingerprint density at radius 1 is 1.21 bits per heavy atom. The number of hydrogen-bond acceptors (Lipinski definition) is 3. The van der Waals surface area contributed by atoms with Crippen LogP contribution < -0.4 is 0 Å². The summed E-state index contributed by atoms with van der Waals surface area (Å²) in [6.07, 6.45) is 8.87. The average molecular weight is 273 g/mol. The monoisotopic (exact) mass is 273 g/mol. The van der Waals surface area contributed by atoms with Crippen molar-refractivity contribution < 1.29 is 4.79 Å². The molecular weight excluding hydrogens is 254 g/mol. The van der Waals surface area contributed by atoms with Gasteiger partial charge in [-0.1, -0.05) is 25.0 Å². The highest BCUT2D eigenvalue weighted by atomic mass is 32.2. The van der Waals surface area contributed by atoms with Gasteiger partial charge in [-0.3, -0.25) is 0 Å². The van der Waals surface area contributed by atoms with Crippen molar-refractivity contribution in [3.05, 3.63) is 29.8 Å². The molecule has 2 saturated carbocycles. The zero-order chi connectivity index (χ0) is 13.1. The molecule has 0 bridgehead atoms. The maximum Gasteiger partial charge on any atom is 0.235 e. The van der Waals surface area contributed by atoms with Crippen molar-refractivity contribution in [3.8, 4) is 0 Å². The summed E-state index contributed by atoms with van der Waals surface area (Å²) >= 11 is 1.95. The van der Waals surface area contributed by atoms with Crippen molar-refractivity contribution in [3.63, 3.8) is 0 Å². The topological polar surface area (TPSA) is 29.4 Å². The van der Waals surface area contributed by atoms with Crippen LogP contribution >= 0.6 is 11.8 Å². The fourth-order valence-electron chi connectivity index (χ4n) is 2.87. The van der Waals surface area contributed by atoms with Gasteiger partial charge in [-0.05, 0) is 49.3 Å². The van der Waals surface area contributed by atoms with Crippen molar-refractivity contribution in [1.82, 2.24) is 0 Å². The first kappa shape index (κ1) is 13.0. The number of hydrogen-bond donors (Lipinski definition) is 0. The van der Waals surface area contributed by atoms with Crippen LogP contribution in [0.5, 0.6) is 0 Å². The second-order valence-electron chi connectivity index (χ2n) is 5.72. The standard InChI is InChI=1S/C16H19NOS/c18-12-17-16(9-1-2-10-16)14-5-7-15(8-6-14)19-11-13-3-4-13/h5-8,13H,1-4,9-11H2. The van der Waals surface area contributed by atoms with E-state index in [0.717, 1.165) is 31.6 Å². The lowest BCUT2D eigenvalue weighted by atomic mass is 9.89. The molecular formula is C16H19NOS. The first-order valence-corrected chi connectivity index (χ1v) is 8.13. The minimum atomic E-state index is -0.276. The van der Waals surface area contributed by atoms with Crippen molar-refractivity contribution in [2.24, 2.45) is 10.9 Å². The predicted molar refractivity (Wildman–Crippen MR) is 78.2 cm³/mol. The molecule has 100 valence electrons. The number of benzene rings is 1. The molecule has 0 heterocycles. The van der Waals surface area contributed by atoms with Crippen molar-refractivity contribution in [1.29, 1.82) is 0 Å². The van der Waals surface area contributed by atoms with E-state index in [1.165, 1.54) is 29.1 Å². The van der Waals surface area contributed by atoms with Crippen LogP contribution in [0.15, 0.2) is 34.2 Å². The molecule has 0 amide bonds. The number of carbonyl (C=O) groups excluding carboxylic acids is 1. The quantitative estimate of drug-likeness (QED) is 0.455. The van der Waals surface area contributed by atoms with E-state index in [1.54, 1.807) is 6.08 Å². The Kier molecular flexibility index (Phi) is 3.76. The normalized spacial score (nSPS) is 21.1. The lowest BCUT2D eigenvalue weighted by Gasteiger charge is -2.22. The maximum absolute atomic E-state index is 10.7. The van der Waals surface area contributed by atoms with Crippen LogP contribution in [0.1, 0.15) is 44.1 Å². The maximum atomic E-state index is 10.7. The minimum Gasteiger partial charge on any atom is -0.211 e. The van der Waals surface area contributed by atoms with E-state index in [1.807, 2.05) is 11.8 Å². The zero-order valence-corrected chi connectivity index (χ0v) is 11.9. The highest BCUT2D eigenvalue weighted by Crippen LogP contribution is 2.42. The Hall–Kier alpha value is -1.05. The number of nitrogens with zero attached hydrogens (tertiary/aromatic N) is 1. The Morgan fingerprint density at radius 3 is 2.47 bits per heavy atom. The molecule has 3 heteroatoms. The van der Waals surface area contributed by atoms with E-state index >= 15 is 0 Å². The lowest BCUT2D eigenvalue weighted by Crippen LogP contribution is -2.18. The predicted octanol–water partition coefficient (Wildman–Crippen LogP) is 4.29. The van der Waals surface area contributed by atoms with E-state index in [0.29, 0.717) is 0 Å². The number of rotatable bonds is 5. The fourth-order valence-corrected chi connectivity index (χ4v) is 3.96. The van der Waals surface area contributed by atoms with Crippen LogP contribution in [-0.2, 0) is 10.3 Å². The molecule has 2 nitrogen and oxygen atoms in total. The third-order valence-electron chi connectivity index (χ3n) is 4.26. The molecule has 0 saturated heterocycles. The Bertz CT molecular complexity index is 480. The molecule has 0 atom stereocenters. The van der Waals surface area contributed by atoms with Gasteiger partial charge in [0.25, 0.3) is 0 Å². The van der Waals surface area contributed by atoms with E-state index in [-0.39, 0.29) is 5.54 Å². The van der Waals surface area contributed by atoms with Crippen LogP contribution in [0.3, 0.4) is 0 Å². The summed E-state index contributed by atoms with van der Waals surface area (Å²) in [5, 5.41) is 0. The van der Waals surface area contributed by atoms with E-state index in [2.05, 4.69) is 29.3 Å². The third-order valence-corrected chi connectivity index (χ3v) is 5.51. The van der Waals surface area contributed by atoms with Crippen LogP contribution in [-0.4, -0.2) is 11.8 Å². The van der Waals surface area contributed by atoms with Gasteiger partial charge in [-0.2, -0.15) is 4.99 Å². The second-order valence-corrected chi connectivity index (χ2v) is 6.81. The highest BCUT2D eigenvalue weighted by Gasteiger charge is 2.35. The van der Waals surface area contributed by atoms with Gasteiger partial charge in [0.05, 0.1) is 5.54 Å². The Labute approximate surface area is 118 Å². The molecule has 19 heavy (non-hydrogen) atoms. The van der Waals surface area contributed by atoms with Gasteiger partial charge >= 0.3 is 0 Å². The summed E-state index contributed by atoms with van der Waals surface area (Å²) in [7, 11) is 0. The first-order chi connectivity index (χ1) is 9.32. The Morgan fingerprint density at radius 2 is 1.89 bits per heavy atom. The van der Waals surface area contributed by atoms with Gasteiger partial charge in [0.15, 0.2) is 0 Å². The second kappa shape index (κ2) is 5.52. The molecule has 1 aromatic rings. The zero-order valence-electron chi connectivity index (χ0n) is 11.1. The molecule has 0 aromatic heterocycles. The molecule has 3 rings (SSSR count). The largest absolute Gasteiger partial charge is 0.235 e. The molecule has 0 N–H and O–H groups in total. The van der Waals surface area contributed by atoms with E-state index in [4.69, 9.17) is 0 Å². The SMILES string of the molecule is O=C=NC1(c2ccc(SCC3CC3)cc2)CCCC1. The molecule has 0 spiro atoms. The minimum absolute atomic E-state index is 0.276. The molecule has 2 aliphatic rings. The van der Waals surface area contributed by atoms with Crippen LogP contribution in [0.4, 0.5) is 0 Å². The van der Waals surface area contributed by atoms with E-state index in [9.17, 15) is 4.79 Å². The summed E-state index contributed by atoms with van der Waals surface area (Å²) < 4.78 is 0. The van der Waals surface area contributed by atoms with Gasteiger partial charge in [0.1, 0.15) is 0 Å². The lowest BCUT2D eigenvalue weighted by molar-refractivity contribution is 0.455. The van der Waals surface area contributed by atoms with Crippen molar-refractivity contribution in [2.75, 3.05) is 5.75 Å². The summed E-state index contributed by atoms with van der Waals surface area (Å²) in [6, 6.07) is 8.67. The smallest absolute Gasteiger partial charge is 0.211 e. The summed E-state index contributed by atoms with van der Waals surface area (Å²) in [5.41, 5.74) is 0.908. The van der Waals surface area contributed by atoms with Crippen molar-refractivity contribution >= 4 is 17.8 Å². The average Bonchev–Trinajstić information content (AvgIpc) is 3.16. The van der Waals surface area contributed by atoms with Gasteiger partial charge in [-0.25, -0.2) is 4.79 Å². The molecule has 0 aliphatic heterocycles. The van der Waals surface area contributed by atoms with Gasteiger partial charge in [-0.15, -0.1) is 11.8 Å².